The van der Waals surface area contributed by atoms with Crippen molar-refractivity contribution >= 4 is 11.8 Å². The molecule has 1 aliphatic rings. The van der Waals surface area contributed by atoms with Crippen LogP contribution in [0.1, 0.15) is 101 Å². The van der Waals surface area contributed by atoms with Crippen LogP contribution < -0.4 is 0 Å². The van der Waals surface area contributed by atoms with Crippen molar-refractivity contribution in [3.63, 3.8) is 0 Å². The normalized spacial score (nSPS) is 19.2. The highest BCUT2D eigenvalue weighted by Crippen LogP contribution is 2.38. The zero-order chi connectivity index (χ0) is 21.2. The summed E-state index contributed by atoms with van der Waals surface area (Å²) >= 11 is 1.60. The highest BCUT2D eigenvalue weighted by molar-refractivity contribution is 7.98. The first kappa shape index (κ1) is 23.4. The summed E-state index contributed by atoms with van der Waals surface area (Å²) in [6.07, 6.45) is 14.9. The van der Waals surface area contributed by atoms with Crippen molar-refractivity contribution in [3.05, 3.63) is 65.0 Å². The summed E-state index contributed by atoms with van der Waals surface area (Å²) in [5.41, 5.74) is 3.85. The molecule has 0 bridgehead atoms. The second-order valence-corrected chi connectivity index (χ2v) is 10.1. The van der Waals surface area contributed by atoms with E-state index in [1.54, 1.807) is 17.8 Å². The lowest BCUT2D eigenvalue weighted by atomic mass is 9.77. The third-order valence-corrected chi connectivity index (χ3v) is 7.93. The Labute approximate surface area is 188 Å². The van der Waals surface area contributed by atoms with E-state index in [1.165, 1.54) is 75.3 Å². The van der Waals surface area contributed by atoms with E-state index < -0.39 is 0 Å². The molecule has 2 aromatic rings. The van der Waals surface area contributed by atoms with Gasteiger partial charge in [0.1, 0.15) is 5.82 Å². The summed E-state index contributed by atoms with van der Waals surface area (Å²) in [5.74, 6) is 2.45. The van der Waals surface area contributed by atoms with E-state index in [-0.39, 0.29) is 5.82 Å². The Kier molecular flexibility index (Phi) is 9.78. The van der Waals surface area contributed by atoms with Crippen molar-refractivity contribution in [2.24, 2.45) is 5.92 Å². The number of unbranched alkanes of at least 4 members (excludes halogenated alkanes) is 4. The summed E-state index contributed by atoms with van der Waals surface area (Å²) < 4.78 is 14.2. The highest BCUT2D eigenvalue weighted by Gasteiger charge is 2.22. The number of hydrogen-bond acceptors (Lipinski definition) is 1. The quantitative estimate of drug-likeness (QED) is 0.255. The van der Waals surface area contributed by atoms with Crippen molar-refractivity contribution in [3.8, 4) is 0 Å². The molecule has 3 rings (SSSR count). The van der Waals surface area contributed by atoms with Gasteiger partial charge in [-0.15, -0.1) is 11.8 Å². The average molecular weight is 427 g/mol. The molecule has 0 amide bonds. The lowest BCUT2D eigenvalue weighted by molar-refractivity contribution is 0.302. The molecule has 1 aliphatic carbocycles. The first-order valence-corrected chi connectivity index (χ1v) is 13.2. The van der Waals surface area contributed by atoms with E-state index in [9.17, 15) is 4.39 Å². The van der Waals surface area contributed by atoms with Crippen LogP contribution in [0.25, 0.3) is 0 Å². The molecule has 0 N–H and O–H groups in total. The highest BCUT2D eigenvalue weighted by atomic mass is 32.2. The molecule has 0 unspecified atom stereocenters. The van der Waals surface area contributed by atoms with Crippen LogP contribution in [-0.2, 0) is 12.2 Å². The van der Waals surface area contributed by atoms with Gasteiger partial charge in [0.15, 0.2) is 0 Å². The van der Waals surface area contributed by atoms with E-state index in [0.29, 0.717) is 0 Å². The molecule has 0 atom stereocenters. The lowest BCUT2D eigenvalue weighted by Gasteiger charge is -2.29. The van der Waals surface area contributed by atoms with E-state index in [2.05, 4.69) is 38.1 Å². The predicted molar refractivity (Wildman–Crippen MR) is 130 cm³/mol. The molecule has 0 radical (unpaired) electrons. The van der Waals surface area contributed by atoms with Gasteiger partial charge < -0.3 is 0 Å². The zero-order valence-electron chi connectivity index (χ0n) is 19.0. The van der Waals surface area contributed by atoms with Crippen molar-refractivity contribution in [2.75, 3.05) is 0 Å². The molecule has 0 nitrogen and oxygen atoms in total. The number of aryl methyl sites for hydroxylation is 1. The largest absolute Gasteiger partial charge is 0.206 e. The van der Waals surface area contributed by atoms with Gasteiger partial charge in [0.2, 0.25) is 0 Å². The van der Waals surface area contributed by atoms with Gasteiger partial charge in [0.05, 0.1) is 0 Å². The molecule has 164 valence electrons. The smallest absolute Gasteiger partial charge is 0.137 e. The number of halogens is 1. The Morgan fingerprint density at radius 2 is 1.53 bits per heavy atom. The monoisotopic (exact) mass is 426 g/mol. The second-order valence-electron chi connectivity index (χ2n) is 9.07. The van der Waals surface area contributed by atoms with Crippen LogP contribution in [0.3, 0.4) is 0 Å². The molecule has 0 aromatic heterocycles. The van der Waals surface area contributed by atoms with Gasteiger partial charge in [-0.3, -0.25) is 0 Å². The SMILES string of the molecule is CCCCCCC[C@H]1CC[C@H](c2ccc(CSc3ccc(CC)cc3F)cc2)CC1. The van der Waals surface area contributed by atoms with Gasteiger partial charge in [-0.25, -0.2) is 4.39 Å². The van der Waals surface area contributed by atoms with Crippen LogP contribution in [0, 0.1) is 11.7 Å². The van der Waals surface area contributed by atoms with Crippen LogP contribution in [0.4, 0.5) is 4.39 Å². The maximum atomic E-state index is 14.2. The van der Waals surface area contributed by atoms with Gasteiger partial charge in [-0.1, -0.05) is 82.7 Å². The zero-order valence-corrected chi connectivity index (χ0v) is 19.8. The first-order chi connectivity index (χ1) is 14.7. The Bertz CT molecular complexity index is 744. The topological polar surface area (TPSA) is 0 Å². The maximum Gasteiger partial charge on any atom is 0.137 e. The van der Waals surface area contributed by atoms with E-state index in [0.717, 1.165) is 34.5 Å². The standard InChI is InChI=1S/C28H39FS/c1-3-5-6-7-8-9-23-10-15-25(16-11-23)26-17-12-24(13-18-26)21-30-28-19-14-22(4-2)20-27(28)29/h12-14,17-20,23,25H,3-11,15-16,21H2,1-2H3/t23-,25-. The predicted octanol–water partition coefficient (Wildman–Crippen LogP) is 9.31. The Hall–Kier alpha value is -1.28. The fraction of sp³-hybridized carbons (Fsp3) is 0.571. The van der Waals surface area contributed by atoms with Gasteiger partial charge in [-0.2, -0.15) is 0 Å². The summed E-state index contributed by atoms with van der Waals surface area (Å²) in [6, 6.07) is 14.8. The molecule has 1 fully saturated rings. The number of benzene rings is 2. The Morgan fingerprint density at radius 3 is 2.20 bits per heavy atom. The van der Waals surface area contributed by atoms with Crippen LogP contribution in [0.2, 0.25) is 0 Å². The molecule has 0 spiro atoms. The minimum Gasteiger partial charge on any atom is -0.206 e. The molecule has 2 aromatic carbocycles. The van der Waals surface area contributed by atoms with Gasteiger partial charge in [0, 0.05) is 10.6 Å². The van der Waals surface area contributed by atoms with E-state index >= 15 is 0 Å². The maximum absolute atomic E-state index is 14.2. The molecule has 0 aliphatic heterocycles. The fourth-order valence-electron chi connectivity index (χ4n) is 4.75. The summed E-state index contributed by atoms with van der Waals surface area (Å²) in [4.78, 5) is 0.754. The minimum atomic E-state index is -0.0851. The average Bonchev–Trinajstić information content (AvgIpc) is 2.79. The Morgan fingerprint density at radius 1 is 0.833 bits per heavy atom. The number of rotatable bonds is 11. The molecular weight excluding hydrogens is 387 g/mol. The van der Waals surface area contributed by atoms with E-state index in [4.69, 9.17) is 0 Å². The third kappa shape index (κ3) is 7.15. The molecule has 2 heteroatoms. The minimum absolute atomic E-state index is 0.0851. The van der Waals surface area contributed by atoms with Crippen molar-refractivity contribution < 1.29 is 4.39 Å². The number of thioether (sulfide) groups is 1. The molecule has 0 saturated heterocycles. The van der Waals surface area contributed by atoms with Crippen molar-refractivity contribution in [1.82, 2.24) is 0 Å². The summed E-state index contributed by atoms with van der Waals surface area (Å²) in [5, 5.41) is 0. The molecular formula is C28H39FS. The van der Waals surface area contributed by atoms with Crippen molar-refractivity contribution in [2.45, 2.75) is 101 Å². The van der Waals surface area contributed by atoms with Gasteiger partial charge >= 0.3 is 0 Å². The van der Waals surface area contributed by atoms with Gasteiger partial charge in [0.25, 0.3) is 0 Å². The lowest BCUT2D eigenvalue weighted by Crippen LogP contribution is -2.13. The molecule has 30 heavy (non-hydrogen) atoms. The summed E-state index contributed by atoms with van der Waals surface area (Å²) in [7, 11) is 0. The number of hydrogen-bond donors (Lipinski definition) is 0. The second kappa shape index (κ2) is 12.5. The van der Waals surface area contributed by atoms with Crippen LogP contribution in [-0.4, -0.2) is 0 Å². The third-order valence-electron chi connectivity index (χ3n) is 6.81. The fourth-order valence-corrected chi connectivity index (χ4v) is 5.63. The van der Waals surface area contributed by atoms with E-state index in [1.807, 2.05) is 12.1 Å². The summed E-state index contributed by atoms with van der Waals surface area (Å²) in [6.45, 7) is 4.35. The van der Waals surface area contributed by atoms with Gasteiger partial charge in [-0.05, 0) is 72.8 Å². The Balaban J connectivity index is 1.41. The van der Waals surface area contributed by atoms with Crippen LogP contribution in [0.5, 0.6) is 0 Å². The molecule has 0 heterocycles. The van der Waals surface area contributed by atoms with Crippen molar-refractivity contribution in [1.29, 1.82) is 0 Å². The van der Waals surface area contributed by atoms with Crippen LogP contribution in [0.15, 0.2) is 47.4 Å². The first-order valence-electron chi connectivity index (χ1n) is 12.2. The van der Waals surface area contributed by atoms with Crippen LogP contribution >= 0.6 is 11.8 Å². The molecule has 1 saturated carbocycles.